The second-order valence-electron chi connectivity index (χ2n) is 4.70. The number of nitrogens with one attached hydrogen (secondary N) is 1. The molecule has 0 unspecified atom stereocenters. The lowest BCUT2D eigenvalue weighted by atomic mass is 10.2. The van der Waals surface area contributed by atoms with Crippen molar-refractivity contribution in [2.45, 2.75) is 27.0 Å². The maximum Gasteiger partial charge on any atom is 0.142 e. The Kier molecular flexibility index (Phi) is 5.70. The molecule has 112 valence electrons. The highest BCUT2D eigenvalue weighted by atomic mass is 79.9. The molecule has 5 heteroatoms. The van der Waals surface area contributed by atoms with E-state index in [2.05, 4.69) is 26.2 Å². The summed E-state index contributed by atoms with van der Waals surface area (Å²) in [5, 5.41) is 3.23. The lowest BCUT2D eigenvalue weighted by Crippen LogP contribution is -2.14. The Morgan fingerprint density at radius 2 is 2.10 bits per heavy atom. The zero-order chi connectivity index (χ0) is 15.2. The summed E-state index contributed by atoms with van der Waals surface area (Å²) in [6.07, 6.45) is 0. The van der Waals surface area contributed by atoms with E-state index in [1.54, 1.807) is 12.1 Å². The van der Waals surface area contributed by atoms with Crippen LogP contribution in [-0.4, -0.2) is 11.5 Å². The largest absolute Gasteiger partial charge is 0.487 e. The van der Waals surface area contributed by atoms with Crippen LogP contribution in [0.1, 0.15) is 23.9 Å². The van der Waals surface area contributed by atoms with Crippen molar-refractivity contribution in [2.24, 2.45) is 0 Å². The van der Waals surface area contributed by atoms with E-state index < -0.39 is 0 Å². The summed E-state index contributed by atoms with van der Waals surface area (Å²) in [5.74, 6) is 0.410. The molecule has 0 fully saturated rings. The van der Waals surface area contributed by atoms with Crippen molar-refractivity contribution >= 4 is 15.9 Å². The van der Waals surface area contributed by atoms with Crippen LogP contribution in [0.4, 0.5) is 4.39 Å². The van der Waals surface area contributed by atoms with Crippen LogP contribution in [0.15, 0.2) is 34.8 Å². The van der Waals surface area contributed by atoms with Crippen LogP contribution in [0.3, 0.4) is 0 Å². The molecule has 0 amide bonds. The van der Waals surface area contributed by atoms with Gasteiger partial charge in [0.1, 0.15) is 18.2 Å². The molecule has 2 aromatic rings. The summed E-state index contributed by atoms with van der Waals surface area (Å²) < 4.78 is 20.3. The SMILES string of the molecule is CCNCc1nc(C)ccc1OCc1cc(Br)ccc1F. The quantitative estimate of drug-likeness (QED) is 0.853. The van der Waals surface area contributed by atoms with E-state index in [0.717, 1.165) is 22.4 Å². The molecule has 0 aliphatic rings. The highest BCUT2D eigenvalue weighted by Gasteiger charge is 2.08. The molecular formula is C16H18BrFN2O. The average Bonchev–Trinajstić information content (AvgIpc) is 2.47. The Hall–Kier alpha value is -1.46. The van der Waals surface area contributed by atoms with Crippen LogP contribution in [0, 0.1) is 12.7 Å². The fraction of sp³-hybridized carbons (Fsp3) is 0.312. The monoisotopic (exact) mass is 352 g/mol. The number of pyridine rings is 1. The smallest absolute Gasteiger partial charge is 0.142 e. The van der Waals surface area contributed by atoms with E-state index in [-0.39, 0.29) is 12.4 Å². The Labute approximate surface area is 132 Å². The van der Waals surface area contributed by atoms with E-state index in [9.17, 15) is 4.39 Å². The molecule has 21 heavy (non-hydrogen) atoms. The van der Waals surface area contributed by atoms with Crippen molar-refractivity contribution < 1.29 is 9.13 Å². The van der Waals surface area contributed by atoms with Crippen LogP contribution < -0.4 is 10.1 Å². The summed E-state index contributed by atoms with van der Waals surface area (Å²) in [6, 6.07) is 8.59. The number of aromatic nitrogens is 1. The van der Waals surface area contributed by atoms with Gasteiger partial charge in [-0.25, -0.2) is 4.39 Å². The van der Waals surface area contributed by atoms with Crippen molar-refractivity contribution in [1.29, 1.82) is 0 Å². The first kappa shape index (κ1) is 15.9. The maximum atomic E-state index is 13.7. The van der Waals surface area contributed by atoms with E-state index >= 15 is 0 Å². The van der Waals surface area contributed by atoms with Crippen LogP contribution in [0.5, 0.6) is 5.75 Å². The second-order valence-corrected chi connectivity index (χ2v) is 5.62. The van der Waals surface area contributed by atoms with Crippen LogP contribution in [-0.2, 0) is 13.2 Å². The first-order chi connectivity index (χ1) is 10.1. The third-order valence-electron chi connectivity index (χ3n) is 3.01. The minimum atomic E-state index is -0.272. The Balaban J connectivity index is 2.13. The number of benzene rings is 1. The predicted octanol–water partition coefficient (Wildman–Crippen LogP) is 3.98. The zero-order valence-corrected chi connectivity index (χ0v) is 13.7. The molecule has 1 heterocycles. The molecule has 1 N–H and O–H groups in total. The van der Waals surface area contributed by atoms with Crippen molar-refractivity contribution in [2.75, 3.05) is 6.54 Å². The van der Waals surface area contributed by atoms with Crippen molar-refractivity contribution in [3.05, 3.63) is 57.6 Å². The number of hydrogen-bond donors (Lipinski definition) is 1. The molecule has 0 spiro atoms. The van der Waals surface area contributed by atoms with Gasteiger partial charge < -0.3 is 10.1 Å². The van der Waals surface area contributed by atoms with Gasteiger partial charge in [-0.15, -0.1) is 0 Å². The van der Waals surface area contributed by atoms with Gasteiger partial charge in [-0.05, 0) is 43.8 Å². The van der Waals surface area contributed by atoms with Gasteiger partial charge in [0.25, 0.3) is 0 Å². The summed E-state index contributed by atoms with van der Waals surface area (Å²) in [4.78, 5) is 4.47. The van der Waals surface area contributed by atoms with Gasteiger partial charge in [-0.3, -0.25) is 4.98 Å². The Morgan fingerprint density at radius 1 is 1.29 bits per heavy atom. The number of aryl methyl sites for hydroxylation is 1. The number of halogens is 2. The zero-order valence-electron chi connectivity index (χ0n) is 12.1. The molecule has 0 aliphatic carbocycles. The fourth-order valence-electron chi connectivity index (χ4n) is 1.91. The summed E-state index contributed by atoms with van der Waals surface area (Å²) >= 11 is 3.34. The lowest BCUT2D eigenvalue weighted by molar-refractivity contribution is 0.294. The molecule has 0 radical (unpaired) electrons. The lowest BCUT2D eigenvalue weighted by Gasteiger charge is -2.12. The number of rotatable bonds is 6. The van der Waals surface area contributed by atoms with Gasteiger partial charge in [-0.1, -0.05) is 22.9 Å². The summed E-state index contributed by atoms with van der Waals surface area (Å²) in [7, 11) is 0. The van der Waals surface area contributed by atoms with Gasteiger partial charge in [0.2, 0.25) is 0 Å². The van der Waals surface area contributed by atoms with Gasteiger partial charge in [0.05, 0.1) is 5.69 Å². The van der Waals surface area contributed by atoms with Crippen LogP contribution in [0.25, 0.3) is 0 Å². The normalized spacial score (nSPS) is 10.7. The molecule has 0 aliphatic heterocycles. The second kappa shape index (κ2) is 7.52. The van der Waals surface area contributed by atoms with Crippen LogP contribution >= 0.6 is 15.9 Å². The topological polar surface area (TPSA) is 34.2 Å². The fourth-order valence-corrected chi connectivity index (χ4v) is 2.32. The third kappa shape index (κ3) is 4.51. The summed E-state index contributed by atoms with van der Waals surface area (Å²) in [5.41, 5.74) is 2.29. The minimum absolute atomic E-state index is 0.176. The molecule has 3 nitrogen and oxygen atoms in total. The highest BCUT2D eigenvalue weighted by Crippen LogP contribution is 2.21. The average molecular weight is 353 g/mol. The van der Waals surface area contributed by atoms with E-state index in [1.807, 2.05) is 26.0 Å². The summed E-state index contributed by atoms with van der Waals surface area (Å²) in [6.45, 7) is 5.64. The first-order valence-electron chi connectivity index (χ1n) is 6.84. The molecule has 1 aromatic heterocycles. The van der Waals surface area contributed by atoms with Gasteiger partial charge >= 0.3 is 0 Å². The van der Waals surface area contributed by atoms with Gasteiger partial charge in [0, 0.05) is 22.3 Å². The maximum absolute atomic E-state index is 13.7. The van der Waals surface area contributed by atoms with Gasteiger partial charge in [-0.2, -0.15) is 0 Å². The third-order valence-corrected chi connectivity index (χ3v) is 3.50. The predicted molar refractivity (Wildman–Crippen MR) is 84.8 cm³/mol. The molecule has 0 saturated heterocycles. The highest BCUT2D eigenvalue weighted by molar-refractivity contribution is 9.10. The van der Waals surface area contributed by atoms with Crippen molar-refractivity contribution in [3.8, 4) is 5.75 Å². The molecular weight excluding hydrogens is 335 g/mol. The molecule has 0 atom stereocenters. The van der Waals surface area contributed by atoms with Crippen molar-refractivity contribution in [3.63, 3.8) is 0 Å². The number of nitrogens with zero attached hydrogens (tertiary/aromatic N) is 1. The molecule has 2 rings (SSSR count). The van der Waals surface area contributed by atoms with Gasteiger partial charge in [0.15, 0.2) is 0 Å². The Bertz CT molecular complexity index is 619. The van der Waals surface area contributed by atoms with E-state index in [1.165, 1.54) is 6.07 Å². The molecule has 0 saturated carbocycles. The number of ether oxygens (including phenoxy) is 1. The molecule has 1 aromatic carbocycles. The van der Waals surface area contributed by atoms with E-state index in [0.29, 0.717) is 17.9 Å². The minimum Gasteiger partial charge on any atom is -0.487 e. The first-order valence-corrected chi connectivity index (χ1v) is 7.63. The number of hydrogen-bond acceptors (Lipinski definition) is 3. The van der Waals surface area contributed by atoms with Crippen LogP contribution in [0.2, 0.25) is 0 Å². The Morgan fingerprint density at radius 3 is 2.86 bits per heavy atom. The standard InChI is InChI=1S/C16H18BrFN2O/c1-3-19-9-15-16(7-4-11(2)20-15)21-10-12-8-13(17)5-6-14(12)18/h4-8,19H,3,9-10H2,1-2H3. The van der Waals surface area contributed by atoms with Crippen molar-refractivity contribution in [1.82, 2.24) is 10.3 Å². The molecule has 0 bridgehead atoms. The van der Waals surface area contributed by atoms with E-state index in [4.69, 9.17) is 4.74 Å².